The van der Waals surface area contributed by atoms with Crippen LogP contribution in [0.15, 0.2) is 42.5 Å². The molecular weight excluding hydrogens is 461 g/mol. The first-order chi connectivity index (χ1) is 15.4. The third-order valence-electron chi connectivity index (χ3n) is 6.31. The third kappa shape index (κ3) is 5.75. The SMILES string of the molecule is CC1CCCCN1CCCNC(=O)c1ccc2c(c1)C(=O)N(Cc1cccc(Cl)c1)C2=O.Cl. The van der Waals surface area contributed by atoms with Gasteiger partial charge in [-0.2, -0.15) is 0 Å². The van der Waals surface area contributed by atoms with Crippen LogP contribution >= 0.6 is 24.0 Å². The molecule has 0 aromatic heterocycles. The number of piperidine rings is 1. The number of nitrogens with zero attached hydrogens (tertiary/aromatic N) is 2. The molecule has 33 heavy (non-hydrogen) atoms. The van der Waals surface area contributed by atoms with Gasteiger partial charge in [0.2, 0.25) is 0 Å². The number of likely N-dealkylation sites (tertiary alicyclic amines) is 1. The Morgan fingerprint density at radius 3 is 2.64 bits per heavy atom. The van der Waals surface area contributed by atoms with Crippen molar-refractivity contribution in [2.45, 2.75) is 45.2 Å². The molecule has 4 rings (SSSR count). The highest BCUT2D eigenvalue weighted by Crippen LogP contribution is 2.26. The van der Waals surface area contributed by atoms with Crippen molar-refractivity contribution in [2.24, 2.45) is 0 Å². The molecule has 176 valence electrons. The molecule has 6 nitrogen and oxygen atoms in total. The molecule has 1 atom stereocenters. The number of carbonyl (C=O) groups excluding carboxylic acids is 3. The van der Waals surface area contributed by atoms with Crippen molar-refractivity contribution in [1.29, 1.82) is 0 Å². The van der Waals surface area contributed by atoms with Gasteiger partial charge in [0.05, 0.1) is 17.7 Å². The number of benzene rings is 2. The predicted molar refractivity (Wildman–Crippen MR) is 131 cm³/mol. The van der Waals surface area contributed by atoms with Crippen molar-refractivity contribution in [1.82, 2.24) is 15.1 Å². The Bertz CT molecular complexity index is 1040. The molecule has 3 amide bonds. The van der Waals surface area contributed by atoms with Gasteiger partial charge in [-0.05, 0) is 68.6 Å². The molecule has 8 heteroatoms. The van der Waals surface area contributed by atoms with E-state index in [4.69, 9.17) is 11.6 Å². The summed E-state index contributed by atoms with van der Waals surface area (Å²) in [6.45, 7) is 5.07. The van der Waals surface area contributed by atoms with Gasteiger partial charge in [-0.15, -0.1) is 12.4 Å². The van der Waals surface area contributed by atoms with Crippen LogP contribution in [0.5, 0.6) is 0 Å². The average molecular weight is 490 g/mol. The van der Waals surface area contributed by atoms with E-state index in [9.17, 15) is 14.4 Å². The first-order valence-corrected chi connectivity index (χ1v) is 11.6. The van der Waals surface area contributed by atoms with E-state index >= 15 is 0 Å². The maximum atomic E-state index is 12.9. The molecule has 0 bridgehead atoms. The summed E-state index contributed by atoms with van der Waals surface area (Å²) in [5.41, 5.74) is 1.76. The first-order valence-electron chi connectivity index (χ1n) is 11.2. The Labute approximate surface area is 205 Å². The van der Waals surface area contributed by atoms with E-state index in [2.05, 4.69) is 17.1 Å². The summed E-state index contributed by atoms with van der Waals surface area (Å²) < 4.78 is 0. The summed E-state index contributed by atoms with van der Waals surface area (Å²) in [6.07, 6.45) is 4.66. The summed E-state index contributed by atoms with van der Waals surface area (Å²) in [5, 5.41) is 3.49. The lowest BCUT2D eigenvalue weighted by atomic mass is 10.0. The lowest BCUT2D eigenvalue weighted by Gasteiger charge is -2.33. The number of fused-ring (bicyclic) bond motifs is 1. The van der Waals surface area contributed by atoms with Crippen molar-refractivity contribution in [3.63, 3.8) is 0 Å². The summed E-state index contributed by atoms with van der Waals surface area (Å²) in [6, 6.07) is 12.4. The number of halogens is 2. The lowest BCUT2D eigenvalue weighted by molar-refractivity contribution is 0.0642. The summed E-state index contributed by atoms with van der Waals surface area (Å²) in [7, 11) is 0. The monoisotopic (exact) mass is 489 g/mol. The third-order valence-corrected chi connectivity index (χ3v) is 6.55. The molecule has 1 N–H and O–H groups in total. The Balaban J connectivity index is 0.00000306. The maximum absolute atomic E-state index is 12.9. The Morgan fingerprint density at radius 2 is 1.88 bits per heavy atom. The van der Waals surface area contributed by atoms with E-state index < -0.39 is 5.91 Å². The lowest BCUT2D eigenvalue weighted by Crippen LogP contribution is -2.39. The minimum absolute atomic E-state index is 0. The highest BCUT2D eigenvalue weighted by Gasteiger charge is 2.36. The number of hydrogen-bond acceptors (Lipinski definition) is 4. The van der Waals surface area contributed by atoms with Crippen molar-refractivity contribution < 1.29 is 14.4 Å². The van der Waals surface area contributed by atoms with Gasteiger partial charge in [0.15, 0.2) is 0 Å². The van der Waals surface area contributed by atoms with Crippen LogP contribution in [-0.4, -0.2) is 53.2 Å². The van der Waals surface area contributed by atoms with Crippen LogP contribution in [0.3, 0.4) is 0 Å². The molecule has 1 saturated heterocycles. The number of hydrogen-bond donors (Lipinski definition) is 1. The molecule has 2 aliphatic rings. The fourth-order valence-electron chi connectivity index (χ4n) is 4.47. The molecule has 0 aliphatic carbocycles. The largest absolute Gasteiger partial charge is 0.352 e. The molecule has 0 radical (unpaired) electrons. The molecule has 2 heterocycles. The van der Waals surface area contributed by atoms with Gasteiger partial charge in [-0.1, -0.05) is 30.2 Å². The Morgan fingerprint density at radius 1 is 1.09 bits per heavy atom. The van der Waals surface area contributed by atoms with E-state index in [1.165, 1.54) is 30.2 Å². The molecule has 0 saturated carbocycles. The van der Waals surface area contributed by atoms with Gasteiger partial charge in [0.25, 0.3) is 17.7 Å². The fraction of sp³-hybridized carbons (Fsp3) is 0.400. The van der Waals surface area contributed by atoms with Gasteiger partial charge in [-0.3, -0.25) is 19.3 Å². The molecular formula is C25H29Cl2N3O3. The molecule has 1 unspecified atom stereocenters. The zero-order valence-corrected chi connectivity index (χ0v) is 20.3. The van der Waals surface area contributed by atoms with Crippen molar-refractivity contribution in [3.8, 4) is 0 Å². The van der Waals surface area contributed by atoms with Gasteiger partial charge in [0.1, 0.15) is 0 Å². The molecule has 0 spiro atoms. The second-order valence-corrected chi connectivity index (χ2v) is 9.01. The van der Waals surface area contributed by atoms with Crippen LogP contribution in [0.4, 0.5) is 0 Å². The van der Waals surface area contributed by atoms with Gasteiger partial charge in [0, 0.05) is 29.7 Å². The van der Waals surface area contributed by atoms with Gasteiger partial charge >= 0.3 is 0 Å². The van der Waals surface area contributed by atoms with E-state index in [0.29, 0.717) is 28.7 Å². The van der Waals surface area contributed by atoms with E-state index in [-0.39, 0.29) is 36.3 Å². The average Bonchev–Trinajstić information content (AvgIpc) is 3.02. The highest BCUT2D eigenvalue weighted by molar-refractivity contribution is 6.30. The van der Waals surface area contributed by atoms with Crippen molar-refractivity contribution in [3.05, 3.63) is 69.7 Å². The summed E-state index contributed by atoms with van der Waals surface area (Å²) >= 11 is 6.02. The van der Waals surface area contributed by atoms with Crippen LogP contribution in [0.2, 0.25) is 5.02 Å². The van der Waals surface area contributed by atoms with Crippen LogP contribution in [0.1, 0.15) is 69.2 Å². The fourth-order valence-corrected chi connectivity index (χ4v) is 4.68. The number of amides is 3. The number of nitrogens with one attached hydrogen (secondary N) is 1. The van der Waals surface area contributed by atoms with Crippen molar-refractivity contribution in [2.75, 3.05) is 19.6 Å². The van der Waals surface area contributed by atoms with E-state index in [1.54, 1.807) is 30.3 Å². The Kier molecular flexibility index (Phi) is 8.51. The molecule has 2 aromatic carbocycles. The van der Waals surface area contributed by atoms with E-state index in [1.807, 2.05) is 6.07 Å². The second-order valence-electron chi connectivity index (χ2n) is 8.58. The predicted octanol–water partition coefficient (Wildman–Crippen LogP) is 4.55. The topological polar surface area (TPSA) is 69.7 Å². The first kappa shape index (κ1) is 25.2. The minimum Gasteiger partial charge on any atom is -0.352 e. The number of carbonyl (C=O) groups is 3. The van der Waals surface area contributed by atoms with Gasteiger partial charge in [-0.25, -0.2) is 0 Å². The Hall–Kier alpha value is -2.41. The number of rotatable bonds is 7. The second kappa shape index (κ2) is 11.1. The van der Waals surface area contributed by atoms with Crippen LogP contribution in [-0.2, 0) is 6.54 Å². The van der Waals surface area contributed by atoms with Crippen LogP contribution < -0.4 is 5.32 Å². The quantitative estimate of drug-likeness (QED) is 0.457. The highest BCUT2D eigenvalue weighted by atomic mass is 35.5. The van der Waals surface area contributed by atoms with Crippen molar-refractivity contribution >= 4 is 41.7 Å². The summed E-state index contributed by atoms with van der Waals surface area (Å²) in [4.78, 5) is 41.9. The van der Waals surface area contributed by atoms with E-state index in [0.717, 1.165) is 25.1 Å². The van der Waals surface area contributed by atoms with Crippen LogP contribution in [0, 0.1) is 0 Å². The van der Waals surface area contributed by atoms with Crippen LogP contribution in [0.25, 0.3) is 0 Å². The summed E-state index contributed by atoms with van der Waals surface area (Å²) in [5.74, 6) is -0.973. The zero-order chi connectivity index (χ0) is 22.7. The standard InChI is InChI=1S/C25H28ClN3O3.ClH/c1-17-6-2-3-12-28(17)13-5-11-27-23(30)19-9-10-21-22(15-19)25(32)29(24(21)31)16-18-7-4-8-20(26)14-18;/h4,7-10,14-15,17H,2-3,5-6,11-13,16H2,1H3,(H,27,30);1H. The zero-order valence-electron chi connectivity index (χ0n) is 18.7. The minimum atomic E-state index is -0.390. The normalized spacial score (nSPS) is 18.1. The molecule has 2 aliphatic heterocycles. The molecule has 2 aromatic rings. The number of imide groups is 1. The smallest absolute Gasteiger partial charge is 0.261 e. The van der Waals surface area contributed by atoms with Gasteiger partial charge < -0.3 is 10.2 Å². The maximum Gasteiger partial charge on any atom is 0.261 e. The molecule has 1 fully saturated rings.